The van der Waals surface area contributed by atoms with Gasteiger partial charge >= 0.3 is 0 Å². The van der Waals surface area contributed by atoms with Gasteiger partial charge in [-0.25, -0.2) is 0 Å². The Morgan fingerprint density at radius 3 is 2.46 bits per heavy atom. The highest BCUT2D eigenvalue weighted by molar-refractivity contribution is 5.01. The molecule has 0 aromatic carbocycles. The molecule has 0 saturated heterocycles. The smallest absolute Gasteiger partial charge is 0.170 e. The van der Waals surface area contributed by atoms with E-state index in [0.717, 1.165) is 19.3 Å². The van der Waals surface area contributed by atoms with E-state index in [1.165, 1.54) is 0 Å². The van der Waals surface area contributed by atoms with Crippen LogP contribution in [-0.2, 0) is 9.47 Å². The Balaban J connectivity index is 2.16. The molecule has 0 aromatic rings. The lowest BCUT2D eigenvalue weighted by Gasteiger charge is -2.38. The van der Waals surface area contributed by atoms with E-state index in [0.29, 0.717) is 17.8 Å². The number of ether oxygens (including phenoxy) is 2. The minimum Gasteiger partial charge on any atom is -0.396 e. The van der Waals surface area contributed by atoms with Crippen molar-refractivity contribution >= 4 is 0 Å². The third-order valence-electron chi connectivity index (χ3n) is 3.86. The van der Waals surface area contributed by atoms with Crippen LogP contribution in [0.25, 0.3) is 0 Å². The van der Waals surface area contributed by atoms with Crippen molar-refractivity contribution < 1.29 is 14.6 Å². The van der Waals surface area contributed by atoms with Gasteiger partial charge in [-0.1, -0.05) is 0 Å². The first kappa shape index (κ1) is 9.44. The van der Waals surface area contributed by atoms with Crippen LogP contribution in [0.1, 0.15) is 19.3 Å². The van der Waals surface area contributed by atoms with Crippen LogP contribution >= 0.6 is 0 Å². The summed E-state index contributed by atoms with van der Waals surface area (Å²) in [5.74, 6) is 1.09. The third-order valence-corrected chi connectivity index (χ3v) is 3.86. The molecule has 3 nitrogen and oxygen atoms in total. The highest BCUT2D eigenvalue weighted by Gasteiger charge is 2.56. The third kappa shape index (κ3) is 1.22. The number of rotatable bonds is 3. The number of hydrogen-bond acceptors (Lipinski definition) is 3. The molecule has 2 rings (SSSR count). The molecule has 3 atom stereocenters. The fourth-order valence-corrected chi connectivity index (χ4v) is 3.25. The van der Waals surface area contributed by atoms with E-state index in [1.54, 1.807) is 14.2 Å². The van der Waals surface area contributed by atoms with Crippen LogP contribution < -0.4 is 0 Å². The molecule has 3 heteroatoms. The molecular weight excluding hydrogens is 168 g/mol. The Labute approximate surface area is 79.0 Å². The first-order valence-electron chi connectivity index (χ1n) is 4.97. The maximum absolute atomic E-state index is 9.20. The van der Waals surface area contributed by atoms with Crippen molar-refractivity contribution in [2.24, 2.45) is 17.8 Å². The zero-order chi connectivity index (χ0) is 9.47. The normalized spacial score (nSPS) is 41.3. The molecule has 0 aliphatic heterocycles. The fourth-order valence-electron chi connectivity index (χ4n) is 3.25. The number of aliphatic hydroxyl groups excluding tert-OH is 1. The van der Waals surface area contributed by atoms with Crippen molar-refractivity contribution in [1.82, 2.24) is 0 Å². The summed E-state index contributed by atoms with van der Waals surface area (Å²) >= 11 is 0. The van der Waals surface area contributed by atoms with Crippen LogP contribution in [0.3, 0.4) is 0 Å². The van der Waals surface area contributed by atoms with Gasteiger partial charge in [0.15, 0.2) is 5.79 Å². The predicted octanol–water partition coefficient (Wildman–Crippen LogP) is 1.01. The molecular formula is C10H18O3. The first-order chi connectivity index (χ1) is 6.25. The molecule has 0 amide bonds. The van der Waals surface area contributed by atoms with Gasteiger partial charge in [-0.05, 0) is 24.7 Å². The molecule has 0 radical (unpaired) electrons. The first-order valence-corrected chi connectivity index (χ1v) is 4.97. The maximum Gasteiger partial charge on any atom is 0.170 e. The molecule has 76 valence electrons. The molecule has 1 N–H and O–H groups in total. The van der Waals surface area contributed by atoms with Crippen molar-refractivity contribution in [3.8, 4) is 0 Å². The molecule has 0 aromatic heterocycles. The number of methoxy groups -OCH3 is 2. The molecule has 3 unspecified atom stereocenters. The van der Waals surface area contributed by atoms with Crippen LogP contribution in [0.2, 0.25) is 0 Å². The Kier molecular flexibility index (Phi) is 2.34. The lowest BCUT2D eigenvalue weighted by atomic mass is 9.84. The van der Waals surface area contributed by atoms with Gasteiger partial charge in [-0.2, -0.15) is 0 Å². The van der Waals surface area contributed by atoms with Crippen LogP contribution in [-0.4, -0.2) is 31.7 Å². The fraction of sp³-hybridized carbons (Fsp3) is 1.00. The average molecular weight is 186 g/mol. The highest BCUT2D eigenvalue weighted by atomic mass is 16.7. The van der Waals surface area contributed by atoms with Gasteiger partial charge in [-0.15, -0.1) is 0 Å². The van der Waals surface area contributed by atoms with E-state index in [1.807, 2.05) is 0 Å². The summed E-state index contributed by atoms with van der Waals surface area (Å²) in [6.07, 6.45) is 3.31. The van der Waals surface area contributed by atoms with Crippen molar-refractivity contribution in [3.05, 3.63) is 0 Å². The minimum atomic E-state index is -0.393. The van der Waals surface area contributed by atoms with E-state index < -0.39 is 5.79 Å². The summed E-state index contributed by atoms with van der Waals surface area (Å²) in [5.41, 5.74) is 0. The second kappa shape index (κ2) is 3.23. The van der Waals surface area contributed by atoms with E-state index in [9.17, 15) is 5.11 Å². The lowest BCUT2D eigenvalue weighted by Crippen LogP contribution is -2.44. The van der Waals surface area contributed by atoms with Crippen molar-refractivity contribution in [1.29, 1.82) is 0 Å². The maximum atomic E-state index is 9.20. The summed E-state index contributed by atoms with van der Waals surface area (Å²) < 4.78 is 11.0. The Hall–Kier alpha value is -0.120. The van der Waals surface area contributed by atoms with Crippen molar-refractivity contribution in [3.63, 3.8) is 0 Å². The largest absolute Gasteiger partial charge is 0.396 e. The Morgan fingerprint density at radius 1 is 1.31 bits per heavy atom. The summed E-state index contributed by atoms with van der Waals surface area (Å²) in [5, 5.41) is 9.20. The van der Waals surface area contributed by atoms with Gasteiger partial charge in [0.05, 0.1) is 0 Å². The SMILES string of the molecule is COC1(OC)CC2CC(CO)C1C2. The zero-order valence-electron chi connectivity index (χ0n) is 8.32. The van der Waals surface area contributed by atoms with Crippen molar-refractivity contribution in [2.45, 2.75) is 25.0 Å². The van der Waals surface area contributed by atoms with Gasteiger partial charge in [0, 0.05) is 33.2 Å². The van der Waals surface area contributed by atoms with Crippen LogP contribution in [0.5, 0.6) is 0 Å². The second-order valence-electron chi connectivity index (χ2n) is 4.31. The van der Waals surface area contributed by atoms with Crippen LogP contribution in [0, 0.1) is 17.8 Å². The van der Waals surface area contributed by atoms with E-state index in [2.05, 4.69) is 0 Å². The summed E-state index contributed by atoms with van der Waals surface area (Å²) in [7, 11) is 3.41. The molecule has 2 bridgehead atoms. The molecule has 2 aliphatic rings. The van der Waals surface area contributed by atoms with Gasteiger partial charge < -0.3 is 14.6 Å². The molecule has 2 aliphatic carbocycles. The molecule has 2 fully saturated rings. The predicted molar refractivity (Wildman–Crippen MR) is 48.2 cm³/mol. The quantitative estimate of drug-likeness (QED) is 0.669. The zero-order valence-corrected chi connectivity index (χ0v) is 8.32. The van der Waals surface area contributed by atoms with Crippen LogP contribution in [0.4, 0.5) is 0 Å². The molecule has 2 saturated carbocycles. The van der Waals surface area contributed by atoms with Crippen molar-refractivity contribution in [2.75, 3.05) is 20.8 Å². The number of hydrogen-bond donors (Lipinski definition) is 1. The molecule has 0 spiro atoms. The Bertz CT molecular complexity index is 189. The highest BCUT2D eigenvalue weighted by Crippen LogP contribution is 2.55. The Morgan fingerprint density at radius 2 is 2.00 bits per heavy atom. The van der Waals surface area contributed by atoms with Gasteiger partial charge in [0.25, 0.3) is 0 Å². The minimum absolute atomic E-state index is 0.273. The van der Waals surface area contributed by atoms with Gasteiger partial charge in [-0.3, -0.25) is 0 Å². The number of aliphatic hydroxyl groups is 1. The molecule has 13 heavy (non-hydrogen) atoms. The van der Waals surface area contributed by atoms with Crippen LogP contribution in [0.15, 0.2) is 0 Å². The lowest BCUT2D eigenvalue weighted by molar-refractivity contribution is -0.246. The molecule has 0 heterocycles. The standard InChI is InChI=1S/C10H18O3/c1-12-10(13-2)5-7-3-8(6-11)9(10)4-7/h7-9,11H,3-6H2,1-2H3. The topological polar surface area (TPSA) is 38.7 Å². The summed E-state index contributed by atoms with van der Waals surface area (Å²) in [6, 6.07) is 0. The average Bonchev–Trinajstić information content (AvgIpc) is 2.73. The van der Waals surface area contributed by atoms with E-state index in [4.69, 9.17) is 9.47 Å². The monoisotopic (exact) mass is 186 g/mol. The van der Waals surface area contributed by atoms with E-state index in [-0.39, 0.29) is 6.61 Å². The summed E-state index contributed by atoms with van der Waals surface area (Å²) in [6.45, 7) is 0.273. The van der Waals surface area contributed by atoms with E-state index >= 15 is 0 Å². The van der Waals surface area contributed by atoms with Gasteiger partial charge in [0.2, 0.25) is 0 Å². The number of fused-ring (bicyclic) bond motifs is 2. The second-order valence-corrected chi connectivity index (χ2v) is 4.31. The summed E-state index contributed by atoms with van der Waals surface area (Å²) in [4.78, 5) is 0. The van der Waals surface area contributed by atoms with Gasteiger partial charge in [0.1, 0.15) is 0 Å².